The van der Waals surface area contributed by atoms with Crippen molar-refractivity contribution in [2.75, 3.05) is 20.8 Å². The van der Waals surface area contributed by atoms with Crippen LogP contribution in [0.15, 0.2) is 42.5 Å². The maximum absolute atomic E-state index is 12.6. The Morgan fingerprint density at radius 2 is 1.40 bits per heavy atom. The topological polar surface area (TPSA) is 71.1 Å². The smallest absolute Gasteiger partial charge is 0.344 e. The average Bonchev–Trinajstić information content (AvgIpc) is 2.66. The highest BCUT2D eigenvalue weighted by atomic mass is 16.6. The molecule has 0 fully saturated rings. The zero-order valence-electron chi connectivity index (χ0n) is 14.4. The Hall–Kier alpha value is -3.02. The second-order valence-electron chi connectivity index (χ2n) is 5.06. The maximum Gasteiger partial charge on any atom is 0.344 e. The third-order valence-electron chi connectivity index (χ3n) is 3.38. The summed E-state index contributed by atoms with van der Waals surface area (Å²) in [7, 11) is 2.92. The van der Waals surface area contributed by atoms with Gasteiger partial charge in [-0.15, -0.1) is 0 Å². The number of hydrogen-bond donors (Lipinski definition) is 0. The van der Waals surface area contributed by atoms with E-state index in [0.29, 0.717) is 17.9 Å². The second-order valence-corrected chi connectivity index (χ2v) is 5.06. The molecule has 0 saturated carbocycles. The summed E-state index contributed by atoms with van der Waals surface area (Å²) in [6.45, 7) is 2.17. The van der Waals surface area contributed by atoms with Crippen LogP contribution in [0.4, 0.5) is 0 Å². The lowest BCUT2D eigenvalue weighted by Crippen LogP contribution is -2.16. The lowest BCUT2D eigenvalue weighted by atomic mass is 10.1. The van der Waals surface area contributed by atoms with Gasteiger partial charge in [0, 0.05) is 0 Å². The van der Waals surface area contributed by atoms with Crippen LogP contribution in [0.5, 0.6) is 17.2 Å². The summed E-state index contributed by atoms with van der Waals surface area (Å²) < 4.78 is 21.0. The van der Waals surface area contributed by atoms with Crippen LogP contribution in [0.25, 0.3) is 0 Å². The minimum atomic E-state index is -0.702. The Kier molecular flexibility index (Phi) is 6.39. The van der Waals surface area contributed by atoms with Crippen molar-refractivity contribution in [3.05, 3.63) is 53.6 Å². The molecule has 0 bridgehead atoms. The van der Waals surface area contributed by atoms with E-state index in [4.69, 9.17) is 18.9 Å². The number of hydrogen-bond acceptors (Lipinski definition) is 6. The van der Waals surface area contributed by atoms with Crippen molar-refractivity contribution in [3.63, 3.8) is 0 Å². The molecule has 6 heteroatoms. The average molecular weight is 344 g/mol. The van der Waals surface area contributed by atoms with Gasteiger partial charge in [0.15, 0.2) is 11.5 Å². The molecule has 0 unspecified atom stereocenters. The van der Waals surface area contributed by atoms with Crippen LogP contribution < -0.4 is 14.2 Å². The summed E-state index contributed by atoms with van der Waals surface area (Å²) in [6.07, 6.45) is 0.691. The van der Waals surface area contributed by atoms with Crippen molar-refractivity contribution < 1.29 is 28.5 Å². The molecule has 0 heterocycles. The van der Waals surface area contributed by atoms with Gasteiger partial charge in [-0.05, 0) is 30.7 Å². The minimum absolute atomic E-state index is 0.108. The van der Waals surface area contributed by atoms with Gasteiger partial charge in [-0.3, -0.25) is 0 Å². The van der Waals surface area contributed by atoms with Crippen molar-refractivity contribution in [2.24, 2.45) is 0 Å². The van der Waals surface area contributed by atoms with Gasteiger partial charge in [0.05, 0.1) is 32.0 Å². The van der Waals surface area contributed by atoms with E-state index in [1.54, 1.807) is 30.3 Å². The summed E-state index contributed by atoms with van der Waals surface area (Å²) in [5.74, 6) is -0.431. The molecule has 0 spiro atoms. The van der Waals surface area contributed by atoms with Gasteiger partial charge in [-0.25, -0.2) is 9.59 Å². The molecule has 0 radical (unpaired) electrons. The van der Waals surface area contributed by atoms with Gasteiger partial charge in [0.1, 0.15) is 0 Å². The van der Waals surface area contributed by atoms with Crippen LogP contribution in [-0.4, -0.2) is 32.8 Å². The molecule has 0 aromatic heterocycles. The van der Waals surface area contributed by atoms with E-state index in [1.165, 1.54) is 26.4 Å². The summed E-state index contributed by atoms with van der Waals surface area (Å²) in [4.78, 5) is 24.8. The van der Waals surface area contributed by atoms with E-state index in [2.05, 4.69) is 0 Å². The fraction of sp³-hybridized carbons (Fsp3) is 0.263. The zero-order chi connectivity index (χ0) is 18.2. The largest absolute Gasteiger partial charge is 0.493 e. The number of carbonyl (C=O) groups excluding carboxylic acids is 2. The SMILES string of the molecule is CCCOC(=O)c1ccccc1C(=O)Oc1c(OC)cccc1OC. The van der Waals surface area contributed by atoms with Gasteiger partial charge in [-0.2, -0.15) is 0 Å². The number of methoxy groups -OCH3 is 2. The normalized spacial score (nSPS) is 10.0. The predicted octanol–water partition coefficient (Wildman–Crippen LogP) is 3.49. The summed E-state index contributed by atoms with van der Waals surface area (Å²) in [5.41, 5.74) is 0.256. The van der Waals surface area contributed by atoms with Gasteiger partial charge in [-0.1, -0.05) is 25.1 Å². The first-order valence-electron chi connectivity index (χ1n) is 7.81. The molecule has 0 aliphatic carbocycles. The standard InChI is InChI=1S/C19H20O6/c1-4-12-24-18(20)13-8-5-6-9-14(13)19(21)25-17-15(22-2)10-7-11-16(17)23-3/h5-11H,4,12H2,1-3H3. The summed E-state index contributed by atoms with van der Waals surface area (Å²) in [5, 5.41) is 0. The van der Waals surface area contributed by atoms with E-state index < -0.39 is 11.9 Å². The molecule has 0 saturated heterocycles. The van der Waals surface area contributed by atoms with Crippen LogP contribution in [0.3, 0.4) is 0 Å². The monoisotopic (exact) mass is 344 g/mol. The Morgan fingerprint density at radius 3 is 1.92 bits per heavy atom. The molecular formula is C19H20O6. The van der Waals surface area contributed by atoms with E-state index in [-0.39, 0.29) is 23.5 Å². The number of para-hydroxylation sites is 1. The third kappa shape index (κ3) is 4.29. The molecule has 2 aromatic rings. The predicted molar refractivity (Wildman–Crippen MR) is 91.5 cm³/mol. The van der Waals surface area contributed by atoms with Crippen molar-refractivity contribution in [3.8, 4) is 17.2 Å². The molecule has 2 aromatic carbocycles. The first-order chi connectivity index (χ1) is 12.1. The van der Waals surface area contributed by atoms with Crippen LogP contribution >= 0.6 is 0 Å². The molecular weight excluding hydrogens is 324 g/mol. The highest BCUT2D eigenvalue weighted by Gasteiger charge is 2.22. The fourth-order valence-corrected chi connectivity index (χ4v) is 2.18. The lowest BCUT2D eigenvalue weighted by molar-refractivity contribution is 0.0496. The van der Waals surface area contributed by atoms with Crippen LogP contribution in [-0.2, 0) is 4.74 Å². The summed E-state index contributed by atoms with van der Waals surface area (Å²) >= 11 is 0. The number of ether oxygens (including phenoxy) is 4. The van der Waals surface area contributed by atoms with Crippen LogP contribution in [0.2, 0.25) is 0 Å². The lowest BCUT2D eigenvalue weighted by Gasteiger charge is -2.14. The Morgan fingerprint density at radius 1 is 0.840 bits per heavy atom. The number of esters is 2. The van der Waals surface area contributed by atoms with Crippen molar-refractivity contribution in [1.29, 1.82) is 0 Å². The Bertz CT molecular complexity index is 731. The first-order valence-corrected chi connectivity index (χ1v) is 7.81. The van der Waals surface area contributed by atoms with E-state index in [9.17, 15) is 9.59 Å². The van der Waals surface area contributed by atoms with Gasteiger partial charge in [0.25, 0.3) is 0 Å². The molecule has 0 amide bonds. The van der Waals surface area contributed by atoms with Gasteiger partial charge < -0.3 is 18.9 Å². The van der Waals surface area contributed by atoms with E-state index in [1.807, 2.05) is 6.92 Å². The molecule has 0 aliphatic heterocycles. The van der Waals surface area contributed by atoms with Crippen LogP contribution in [0.1, 0.15) is 34.1 Å². The van der Waals surface area contributed by atoms with Gasteiger partial charge >= 0.3 is 11.9 Å². The third-order valence-corrected chi connectivity index (χ3v) is 3.38. The summed E-state index contributed by atoms with van der Waals surface area (Å²) in [6, 6.07) is 11.3. The minimum Gasteiger partial charge on any atom is -0.493 e. The molecule has 132 valence electrons. The Labute approximate surface area is 146 Å². The number of rotatable bonds is 7. The maximum atomic E-state index is 12.6. The Balaban J connectivity index is 2.33. The highest BCUT2D eigenvalue weighted by Crippen LogP contribution is 2.37. The molecule has 0 aliphatic rings. The first kappa shape index (κ1) is 18.3. The van der Waals surface area contributed by atoms with Crippen molar-refractivity contribution in [2.45, 2.75) is 13.3 Å². The van der Waals surface area contributed by atoms with Crippen molar-refractivity contribution >= 4 is 11.9 Å². The molecule has 2 rings (SSSR count). The molecule has 0 atom stereocenters. The molecule has 6 nitrogen and oxygen atoms in total. The fourth-order valence-electron chi connectivity index (χ4n) is 2.18. The number of carbonyl (C=O) groups is 2. The highest BCUT2D eigenvalue weighted by molar-refractivity contribution is 6.04. The van der Waals surface area contributed by atoms with Crippen molar-refractivity contribution in [1.82, 2.24) is 0 Å². The number of benzene rings is 2. The molecule has 0 N–H and O–H groups in total. The van der Waals surface area contributed by atoms with E-state index >= 15 is 0 Å². The van der Waals surface area contributed by atoms with Crippen LogP contribution in [0, 0.1) is 0 Å². The van der Waals surface area contributed by atoms with Gasteiger partial charge in [0.2, 0.25) is 5.75 Å². The quantitative estimate of drug-likeness (QED) is 0.566. The second kappa shape index (κ2) is 8.73. The zero-order valence-corrected chi connectivity index (χ0v) is 14.4. The van der Waals surface area contributed by atoms with E-state index in [0.717, 1.165) is 0 Å². The molecule has 25 heavy (non-hydrogen) atoms.